The van der Waals surface area contributed by atoms with Crippen LogP contribution in [0.15, 0.2) is 24.3 Å². The molecule has 112 valence electrons. The van der Waals surface area contributed by atoms with Crippen LogP contribution < -0.4 is 5.48 Å². The molecule has 1 rings (SSSR count). The molecule has 0 aliphatic heterocycles. The van der Waals surface area contributed by atoms with E-state index in [1.54, 1.807) is 19.3 Å². The molecule has 0 spiro atoms. The van der Waals surface area contributed by atoms with Gasteiger partial charge in [0.25, 0.3) is 0 Å². The molecule has 0 amide bonds. The van der Waals surface area contributed by atoms with Crippen LogP contribution in [-0.2, 0) is 9.63 Å². The quantitative estimate of drug-likeness (QED) is 0.608. The van der Waals surface area contributed by atoms with Crippen molar-refractivity contribution >= 4 is 5.97 Å². The molecule has 0 radical (unpaired) electrons. The standard InChI is InChI=1S/C8H13NO3.C4H10.C3H6/c1-12-9-7-4-2-6(3-5-7)8(10)11;1-4(2)3;1-3-2/h2,7,9H,3-5H2,1H3,(H,10,11);4H,1-3H3;3H,1H2,2H3. The first-order valence-corrected chi connectivity index (χ1v) is 6.66. The van der Waals surface area contributed by atoms with Crippen molar-refractivity contribution in [3.63, 3.8) is 0 Å². The Labute approximate surface area is 117 Å². The van der Waals surface area contributed by atoms with Gasteiger partial charge >= 0.3 is 5.97 Å². The number of allylic oxidation sites excluding steroid dienone is 1. The molecule has 1 aliphatic rings. The zero-order valence-electron chi connectivity index (χ0n) is 12.9. The second-order valence-electron chi connectivity index (χ2n) is 4.97. The van der Waals surface area contributed by atoms with Crippen LogP contribution in [-0.4, -0.2) is 24.2 Å². The van der Waals surface area contributed by atoms with Crippen LogP contribution in [0, 0.1) is 5.92 Å². The minimum Gasteiger partial charge on any atom is -0.478 e. The maximum absolute atomic E-state index is 10.5. The number of carboxylic acids is 1. The highest BCUT2D eigenvalue weighted by molar-refractivity contribution is 5.86. The highest BCUT2D eigenvalue weighted by Crippen LogP contribution is 2.17. The molecule has 0 saturated carbocycles. The summed E-state index contributed by atoms with van der Waals surface area (Å²) in [5.41, 5.74) is 3.32. The van der Waals surface area contributed by atoms with Crippen LogP contribution in [0.2, 0.25) is 0 Å². The third-order valence-electron chi connectivity index (χ3n) is 1.97. The van der Waals surface area contributed by atoms with Gasteiger partial charge in [0.1, 0.15) is 0 Å². The van der Waals surface area contributed by atoms with E-state index >= 15 is 0 Å². The van der Waals surface area contributed by atoms with Crippen LogP contribution in [0.25, 0.3) is 0 Å². The molecule has 0 fully saturated rings. The van der Waals surface area contributed by atoms with Crippen molar-refractivity contribution < 1.29 is 14.7 Å². The van der Waals surface area contributed by atoms with Gasteiger partial charge < -0.3 is 9.94 Å². The molecule has 1 unspecified atom stereocenters. The highest BCUT2D eigenvalue weighted by atomic mass is 16.6. The monoisotopic (exact) mass is 271 g/mol. The van der Waals surface area contributed by atoms with E-state index in [1.807, 2.05) is 6.92 Å². The third kappa shape index (κ3) is 14.8. The molecule has 19 heavy (non-hydrogen) atoms. The highest BCUT2D eigenvalue weighted by Gasteiger charge is 2.17. The van der Waals surface area contributed by atoms with E-state index in [-0.39, 0.29) is 6.04 Å². The summed E-state index contributed by atoms with van der Waals surface area (Å²) in [5.74, 6) is 0.0332. The molecule has 0 bridgehead atoms. The van der Waals surface area contributed by atoms with Crippen molar-refractivity contribution in [2.24, 2.45) is 5.92 Å². The molecule has 4 heteroatoms. The van der Waals surface area contributed by atoms with Crippen molar-refractivity contribution in [2.45, 2.75) is 53.0 Å². The summed E-state index contributed by atoms with van der Waals surface area (Å²) in [6.07, 6.45) is 5.68. The molecule has 0 aromatic rings. The van der Waals surface area contributed by atoms with Gasteiger partial charge in [-0.05, 0) is 32.1 Å². The fraction of sp³-hybridized carbons (Fsp3) is 0.667. The van der Waals surface area contributed by atoms with Crippen molar-refractivity contribution in [3.8, 4) is 0 Å². The number of carbonyl (C=O) groups is 1. The first kappa shape index (κ1) is 20.2. The van der Waals surface area contributed by atoms with E-state index in [2.05, 4.69) is 32.8 Å². The first-order valence-electron chi connectivity index (χ1n) is 6.66. The van der Waals surface area contributed by atoms with E-state index in [0.29, 0.717) is 12.0 Å². The van der Waals surface area contributed by atoms with Gasteiger partial charge in [0.15, 0.2) is 0 Å². The molecule has 4 nitrogen and oxygen atoms in total. The summed E-state index contributed by atoms with van der Waals surface area (Å²) in [4.78, 5) is 15.2. The normalized spacial score (nSPS) is 17.4. The lowest BCUT2D eigenvalue weighted by atomic mass is 9.96. The maximum atomic E-state index is 10.5. The Kier molecular flexibility index (Phi) is 14.1. The van der Waals surface area contributed by atoms with E-state index in [4.69, 9.17) is 9.94 Å². The minimum atomic E-state index is -0.800. The number of hydroxylamine groups is 1. The Bertz CT molecular complexity index is 270. The maximum Gasteiger partial charge on any atom is 0.331 e. The number of aliphatic carboxylic acids is 1. The Balaban J connectivity index is 0. The molecule has 2 N–H and O–H groups in total. The summed E-state index contributed by atoms with van der Waals surface area (Å²) in [6, 6.07) is 0.262. The van der Waals surface area contributed by atoms with E-state index < -0.39 is 5.97 Å². The minimum absolute atomic E-state index is 0.262. The Morgan fingerprint density at radius 3 is 2.32 bits per heavy atom. The predicted octanol–water partition coefficient (Wildman–Crippen LogP) is 3.56. The second-order valence-corrected chi connectivity index (χ2v) is 4.97. The topological polar surface area (TPSA) is 58.6 Å². The van der Waals surface area contributed by atoms with Crippen molar-refractivity contribution in [1.82, 2.24) is 5.48 Å². The predicted molar refractivity (Wildman–Crippen MR) is 79.9 cm³/mol. The van der Waals surface area contributed by atoms with Crippen LogP contribution in [0.5, 0.6) is 0 Å². The summed E-state index contributed by atoms with van der Waals surface area (Å²) in [5, 5.41) is 8.63. The largest absolute Gasteiger partial charge is 0.478 e. The molecular weight excluding hydrogens is 242 g/mol. The smallest absolute Gasteiger partial charge is 0.331 e. The Hall–Kier alpha value is -1.13. The van der Waals surface area contributed by atoms with Gasteiger partial charge in [0.05, 0.1) is 7.11 Å². The lowest BCUT2D eigenvalue weighted by molar-refractivity contribution is -0.133. The zero-order chi connectivity index (χ0) is 15.3. The average molecular weight is 271 g/mol. The number of rotatable bonds is 3. The molecule has 0 aromatic heterocycles. The average Bonchev–Trinajstić information content (AvgIpc) is 2.30. The van der Waals surface area contributed by atoms with Crippen LogP contribution in [0.3, 0.4) is 0 Å². The van der Waals surface area contributed by atoms with Crippen molar-refractivity contribution in [3.05, 3.63) is 24.3 Å². The fourth-order valence-corrected chi connectivity index (χ4v) is 1.30. The fourth-order valence-electron chi connectivity index (χ4n) is 1.30. The zero-order valence-corrected chi connectivity index (χ0v) is 12.9. The van der Waals surface area contributed by atoms with Crippen molar-refractivity contribution in [1.29, 1.82) is 0 Å². The lowest BCUT2D eigenvalue weighted by Gasteiger charge is -2.19. The molecule has 0 heterocycles. The van der Waals surface area contributed by atoms with E-state index in [0.717, 1.165) is 18.8 Å². The van der Waals surface area contributed by atoms with Crippen LogP contribution >= 0.6 is 0 Å². The number of carboxylic acid groups (broad SMARTS) is 1. The Morgan fingerprint density at radius 1 is 1.58 bits per heavy atom. The SMILES string of the molecule is C=CC.CC(C)C.CONC1CC=C(C(=O)O)CC1. The van der Waals surface area contributed by atoms with Gasteiger partial charge in [-0.3, -0.25) is 0 Å². The summed E-state index contributed by atoms with van der Waals surface area (Å²) < 4.78 is 0. The van der Waals surface area contributed by atoms with Crippen LogP contribution in [0.4, 0.5) is 0 Å². The van der Waals surface area contributed by atoms with Gasteiger partial charge in [-0.2, -0.15) is 5.48 Å². The van der Waals surface area contributed by atoms with Crippen molar-refractivity contribution in [2.75, 3.05) is 7.11 Å². The molecule has 0 saturated heterocycles. The second kappa shape index (κ2) is 13.3. The first-order chi connectivity index (χ1) is 8.88. The van der Waals surface area contributed by atoms with Crippen LogP contribution in [0.1, 0.15) is 47.0 Å². The molecule has 1 aliphatic carbocycles. The number of hydrogen-bond acceptors (Lipinski definition) is 3. The molecule has 1 atom stereocenters. The van der Waals surface area contributed by atoms with Gasteiger partial charge in [-0.15, -0.1) is 6.58 Å². The van der Waals surface area contributed by atoms with Gasteiger partial charge in [-0.25, -0.2) is 4.79 Å². The summed E-state index contributed by atoms with van der Waals surface area (Å²) in [6.45, 7) is 11.7. The lowest BCUT2D eigenvalue weighted by Crippen LogP contribution is -2.30. The Morgan fingerprint density at radius 2 is 2.05 bits per heavy atom. The number of nitrogens with one attached hydrogen (secondary N) is 1. The van der Waals surface area contributed by atoms with Gasteiger partial charge in [-0.1, -0.05) is 32.9 Å². The molecule has 0 aromatic carbocycles. The summed E-state index contributed by atoms with van der Waals surface area (Å²) in [7, 11) is 1.57. The van der Waals surface area contributed by atoms with E-state index in [1.165, 1.54) is 0 Å². The van der Waals surface area contributed by atoms with Gasteiger partial charge in [0, 0.05) is 11.6 Å². The summed E-state index contributed by atoms with van der Waals surface area (Å²) >= 11 is 0. The third-order valence-corrected chi connectivity index (χ3v) is 1.97. The van der Waals surface area contributed by atoms with E-state index in [9.17, 15) is 4.79 Å². The van der Waals surface area contributed by atoms with Gasteiger partial charge in [0.2, 0.25) is 0 Å². The molecular formula is C15H29NO3. The number of hydrogen-bond donors (Lipinski definition) is 2.